The van der Waals surface area contributed by atoms with Crippen LogP contribution in [0.3, 0.4) is 0 Å². The second kappa shape index (κ2) is 6.76. The molecule has 1 amide bonds. The quantitative estimate of drug-likeness (QED) is 0.856. The van der Waals surface area contributed by atoms with Crippen molar-refractivity contribution in [2.75, 3.05) is 13.2 Å². The first-order valence-corrected chi connectivity index (χ1v) is 8.59. The van der Waals surface area contributed by atoms with Gasteiger partial charge >= 0.3 is 0 Å². The zero-order valence-corrected chi connectivity index (χ0v) is 13.5. The van der Waals surface area contributed by atoms with Gasteiger partial charge < -0.3 is 18.6 Å². The van der Waals surface area contributed by atoms with Crippen molar-refractivity contribution in [2.24, 2.45) is 0 Å². The number of morpholine rings is 1. The Morgan fingerprint density at radius 1 is 1.33 bits per heavy atom. The smallest absolute Gasteiger partial charge is 0.238 e. The Balaban J connectivity index is 1.36. The SMILES string of the molecule is O=C(CCc1nc(-c2ccco2)no1)N1CCOC2CCCCC21. The molecule has 7 nitrogen and oxygen atoms in total. The Morgan fingerprint density at radius 3 is 3.12 bits per heavy atom. The van der Waals surface area contributed by atoms with Crippen LogP contribution in [0.25, 0.3) is 11.6 Å². The highest BCUT2D eigenvalue weighted by atomic mass is 16.5. The summed E-state index contributed by atoms with van der Waals surface area (Å²) < 4.78 is 16.3. The molecule has 1 aliphatic heterocycles. The van der Waals surface area contributed by atoms with Crippen LogP contribution in [0.1, 0.15) is 38.0 Å². The predicted molar refractivity (Wildman–Crippen MR) is 84.0 cm³/mol. The minimum atomic E-state index is 0.146. The lowest BCUT2D eigenvalue weighted by Gasteiger charge is -2.43. The average Bonchev–Trinajstić information content (AvgIpc) is 3.30. The molecule has 1 saturated heterocycles. The number of hydrogen-bond donors (Lipinski definition) is 0. The standard InChI is InChI=1S/C17H21N3O4/c21-16(20-9-11-23-13-5-2-1-4-12(13)20)8-7-15-18-17(19-24-15)14-6-3-10-22-14/h3,6,10,12-13H,1-2,4-5,7-9,11H2. The number of aryl methyl sites for hydroxylation is 1. The molecule has 1 saturated carbocycles. The zero-order valence-electron chi connectivity index (χ0n) is 13.5. The van der Waals surface area contributed by atoms with E-state index in [9.17, 15) is 4.79 Å². The lowest BCUT2D eigenvalue weighted by atomic mass is 9.90. The average molecular weight is 331 g/mol. The van der Waals surface area contributed by atoms with E-state index in [1.165, 1.54) is 12.8 Å². The lowest BCUT2D eigenvalue weighted by Crippen LogP contribution is -2.54. The first-order chi connectivity index (χ1) is 11.8. The first kappa shape index (κ1) is 15.4. The summed E-state index contributed by atoms with van der Waals surface area (Å²) in [6.07, 6.45) is 7.07. The molecule has 2 aromatic rings. The summed E-state index contributed by atoms with van der Waals surface area (Å²) in [4.78, 5) is 18.9. The molecule has 0 spiro atoms. The monoisotopic (exact) mass is 331 g/mol. The molecule has 2 atom stereocenters. The van der Waals surface area contributed by atoms with Gasteiger partial charge in [0.1, 0.15) is 0 Å². The molecule has 0 aromatic carbocycles. The molecule has 4 rings (SSSR count). The summed E-state index contributed by atoms with van der Waals surface area (Å²) in [5, 5.41) is 3.89. The number of nitrogens with zero attached hydrogens (tertiary/aromatic N) is 3. The Kier molecular flexibility index (Phi) is 4.34. The van der Waals surface area contributed by atoms with E-state index in [2.05, 4.69) is 10.1 Å². The van der Waals surface area contributed by atoms with Crippen molar-refractivity contribution >= 4 is 5.91 Å². The number of furan rings is 1. The number of carbonyl (C=O) groups is 1. The fraction of sp³-hybridized carbons (Fsp3) is 0.588. The normalized spacial score (nSPS) is 23.9. The zero-order chi connectivity index (χ0) is 16.4. The van der Waals surface area contributed by atoms with E-state index in [1.807, 2.05) is 4.90 Å². The van der Waals surface area contributed by atoms with Gasteiger partial charge in [-0.05, 0) is 25.0 Å². The van der Waals surface area contributed by atoms with Gasteiger partial charge in [0, 0.05) is 19.4 Å². The second-order valence-electron chi connectivity index (χ2n) is 6.34. The number of fused-ring (bicyclic) bond motifs is 1. The minimum absolute atomic E-state index is 0.146. The van der Waals surface area contributed by atoms with E-state index < -0.39 is 0 Å². The molecule has 128 valence electrons. The van der Waals surface area contributed by atoms with Gasteiger partial charge in [0.25, 0.3) is 0 Å². The molecular formula is C17H21N3O4. The van der Waals surface area contributed by atoms with Crippen molar-refractivity contribution in [3.8, 4) is 11.6 Å². The fourth-order valence-electron chi connectivity index (χ4n) is 3.63. The van der Waals surface area contributed by atoms with Gasteiger partial charge in [-0.25, -0.2) is 0 Å². The molecule has 2 fully saturated rings. The maximum atomic E-state index is 12.6. The van der Waals surface area contributed by atoms with Crippen LogP contribution in [0.4, 0.5) is 0 Å². The molecule has 2 unspecified atom stereocenters. The van der Waals surface area contributed by atoms with E-state index in [4.69, 9.17) is 13.7 Å². The van der Waals surface area contributed by atoms with Gasteiger partial charge in [0.15, 0.2) is 5.76 Å². The summed E-state index contributed by atoms with van der Waals surface area (Å²) in [5.41, 5.74) is 0. The second-order valence-corrected chi connectivity index (χ2v) is 6.34. The molecule has 2 aromatic heterocycles. The highest BCUT2D eigenvalue weighted by Gasteiger charge is 2.36. The Morgan fingerprint density at radius 2 is 2.25 bits per heavy atom. The number of amides is 1. The highest BCUT2D eigenvalue weighted by Crippen LogP contribution is 2.29. The van der Waals surface area contributed by atoms with Gasteiger partial charge in [-0.1, -0.05) is 18.0 Å². The Bertz CT molecular complexity index is 680. The summed E-state index contributed by atoms with van der Waals surface area (Å²) in [7, 11) is 0. The van der Waals surface area contributed by atoms with Crippen LogP contribution in [0.15, 0.2) is 27.3 Å². The molecule has 1 aliphatic carbocycles. The fourth-order valence-corrected chi connectivity index (χ4v) is 3.63. The molecule has 2 aliphatic rings. The number of hydrogen-bond acceptors (Lipinski definition) is 6. The molecule has 0 N–H and O–H groups in total. The lowest BCUT2D eigenvalue weighted by molar-refractivity contribution is -0.149. The van der Waals surface area contributed by atoms with Crippen molar-refractivity contribution in [3.63, 3.8) is 0 Å². The van der Waals surface area contributed by atoms with E-state index in [1.54, 1.807) is 18.4 Å². The van der Waals surface area contributed by atoms with Crippen LogP contribution in [-0.4, -0.2) is 46.2 Å². The number of aromatic nitrogens is 2. The van der Waals surface area contributed by atoms with E-state index in [-0.39, 0.29) is 18.1 Å². The van der Waals surface area contributed by atoms with E-state index in [0.29, 0.717) is 43.5 Å². The minimum Gasteiger partial charge on any atom is -0.461 e. The highest BCUT2D eigenvalue weighted by molar-refractivity contribution is 5.77. The summed E-state index contributed by atoms with van der Waals surface area (Å²) in [6, 6.07) is 3.78. The first-order valence-electron chi connectivity index (χ1n) is 8.59. The molecule has 3 heterocycles. The van der Waals surface area contributed by atoms with E-state index in [0.717, 1.165) is 12.8 Å². The topological polar surface area (TPSA) is 81.6 Å². The maximum Gasteiger partial charge on any atom is 0.238 e. The number of ether oxygens (including phenoxy) is 1. The number of rotatable bonds is 4. The van der Waals surface area contributed by atoms with Crippen LogP contribution in [0.2, 0.25) is 0 Å². The van der Waals surface area contributed by atoms with Crippen LogP contribution in [-0.2, 0) is 16.0 Å². The molecule has 24 heavy (non-hydrogen) atoms. The van der Waals surface area contributed by atoms with Crippen molar-refractivity contribution in [1.82, 2.24) is 15.0 Å². The molecule has 7 heteroatoms. The third kappa shape index (κ3) is 3.08. The molecule has 0 bridgehead atoms. The van der Waals surface area contributed by atoms with Crippen molar-refractivity contribution < 1.29 is 18.5 Å². The summed E-state index contributed by atoms with van der Waals surface area (Å²) >= 11 is 0. The third-order valence-electron chi connectivity index (χ3n) is 4.81. The Hall–Kier alpha value is -2.15. The van der Waals surface area contributed by atoms with Crippen molar-refractivity contribution in [3.05, 3.63) is 24.3 Å². The molecular weight excluding hydrogens is 310 g/mol. The van der Waals surface area contributed by atoms with Crippen LogP contribution < -0.4 is 0 Å². The largest absolute Gasteiger partial charge is 0.461 e. The summed E-state index contributed by atoms with van der Waals surface area (Å²) in [6.45, 7) is 1.32. The van der Waals surface area contributed by atoms with Gasteiger partial charge in [0.05, 0.1) is 25.0 Å². The summed E-state index contributed by atoms with van der Waals surface area (Å²) in [5.74, 6) is 1.59. The van der Waals surface area contributed by atoms with Crippen LogP contribution >= 0.6 is 0 Å². The molecule has 0 radical (unpaired) electrons. The number of carbonyl (C=O) groups excluding carboxylic acids is 1. The van der Waals surface area contributed by atoms with Crippen LogP contribution in [0.5, 0.6) is 0 Å². The van der Waals surface area contributed by atoms with Gasteiger partial charge in [0.2, 0.25) is 17.6 Å². The third-order valence-corrected chi connectivity index (χ3v) is 4.81. The maximum absolute atomic E-state index is 12.6. The van der Waals surface area contributed by atoms with Crippen LogP contribution in [0, 0.1) is 0 Å². The predicted octanol–water partition coefficient (Wildman–Crippen LogP) is 2.43. The Labute approximate surface area is 140 Å². The van der Waals surface area contributed by atoms with Crippen molar-refractivity contribution in [2.45, 2.75) is 50.7 Å². The van der Waals surface area contributed by atoms with Gasteiger partial charge in [-0.15, -0.1) is 0 Å². The van der Waals surface area contributed by atoms with Gasteiger partial charge in [-0.2, -0.15) is 4.98 Å². The van der Waals surface area contributed by atoms with Crippen molar-refractivity contribution in [1.29, 1.82) is 0 Å². The van der Waals surface area contributed by atoms with E-state index >= 15 is 0 Å². The van der Waals surface area contributed by atoms with Gasteiger partial charge in [-0.3, -0.25) is 4.79 Å².